The van der Waals surface area contributed by atoms with Gasteiger partial charge < -0.3 is 4.74 Å². The van der Waals surface area contributed by atoms with E-state index in [-0.39, 0.29) is 11.8 Å². The van der Waals surface area contributed by atoms with Crippen LogP contribution < -0.4 is 0 Å². The molecule has 0 radical (unpaired) electrons. The van der Waals surface area contributed by atoms with Gasteiger partial charge in [-0.15, -0.1) is 5.10 Å². The number of aryl methyl sites for hydroxylation is 1. The molecule has 0 amide bonds. The number of unbranched alkanes of at least 4 members (excludes halogenated alkanes) is 1. The summed E-state index contributed by atoms with van der Waals surface area (Å²) < 4.78 is 6.76. The van der Waals surface area contributed by atoms with E-state index in [9.17, 15) is 9.59 Å². The molecule has 210 valence electrons. The third kappa shape index (κ3) is 6.36. The summed E-state index contributed by atoms with van der Waals surface area (Å²) in [7, 11) is 0. The van der Waals surface area contributed by atoms with Gasteiger partial charge in [-0.1, -0.05) is 96.2 Å². The van der Waals surface area contributed by atoms with Crippen molar-refractivity contribution in [1.29, 1.82) is 0 Å². The maximum absolute atomic E-state index is 13.2. The minimum atomic E-state index is -0.583. The molecule has 4 aromatic rings. The maximum atomic E-state index is 13.2. The zero-order valence-corrected chi connectivity index (χ0v) is 23.5. The van der Waals surface area contributed by atoms with Crippen molar-refractivity contribution >= 4 is 17.8 Å². The summed E-state index contributed by atoms with van der Waals surface area (Å²) in [5.74, 6) is -0.0391. The van der Waals surface area contributed by atoms with Gasteiger partial charge in [-0.05, 0) is 42.5 Å². The number of benzene rings is 3. The molecule has 1 fully saturated rings. The van der Waals surface area contributed by atoms with E-state index in [0.717, 1.165) is 35.1 Å². The molecule has 0 N–H and O–H groups in total. The van der Waals surface area contributed by atoms with Crippen LogP contribution in [0.15, 0.2) is 103 Å². The van der Waals surface area contributed by atoms with Gasteiger partial charge in [-0.25, -0.2) is 0 Å². The fourth-order valence-electron chi connectivity index (χ4n) is 5.71. The van der Waals surface area contributed by atoms with E-state index in [4.69, 9.17) is 4.74 Å². The predicted octanol–water partition coefficient (Wildman–Crippen LogP) is 5.66. The molecule has 41 heavy (non-hydrogen) atoms. The van der Waals surface area contributed by atoms with Gasteiger partial charge in [0.1, 0.15) is 5.69 Å². The first kappa shape index (κ1) is 28.2. The van der Waals surface area contributed by atoms with Crippen molar-refractivity contribution in [2.45, 2.75) is 44.7 Å². The van der Waals surface area contributed by atoms with Crippen molar-refractivity contribution in [3.63, 3.8) is 0 Å². The van der Waals surface area contributed by atoms with E-state index in [1.54, 1.807) is 4.68 Å². The first-order valence-electron chi connectivity index (χ1n) is 14.3. The number of ketones is 1. The molecular weight excluding hydrogens is 512 g/mol. The summed E-state index contributed by atoms with van der Waals surface area (Å²) in [5.41, 5.74) is 4.25. The van der Waals surface area contributed by atoms with Crippen LogP contribution >= 0.6 is 0 Å². The Hall–Kier alpha value is -4.36. The van der Waals surface area contributed by atoms with Crippen molar-refractivity contribution in [2.75, 3.05) is 19.7 Å². The van der Waals surface area contributed by atoms with Gasteiger partial charge >= 0.3 is 5.97 Å². The first-order chi connectivity index (χ1) is 20.1. The lowest BCUT2D eigenvalue weighted by atomic mass is 9.74. The number of esters is 1. The Labute approximate surface area is 241 Å². The van der Waals surface area contributed by atoms with Crippen LogP contribution in [0, 0.1) is 0 Å². The number of carbonyl (C=O) groups is 2. The van der Waals surface area contributed by atoms with Crippen LogP contribution in [-0.2, 0) is 26.4 Å². The third-order valence-corrected chi connectivity index (χ3v) is 7.58. The highest BCUT2D eigenvalue weighted by Crippen LogP contribution is 2.43. The minimum absolute atomic E-state index is 0.133. The molecule has 0 aliphatic carbocycles. The lowest BCUT2D eigenvalue weighted by Crippen LogP contribution is -2.52. The highest BCUT2D eigenvalue weighted by Gasteiger charge is 2.44. The quantitative estimate of drug-likeness (QED) is 0.104. The van der Waals surface area contributed by atoms with Crippen molar-refractivity contribution in [2.24, 2.45) is 0 Å². The Morgan fingerprint density at radius 3 is 2.05 bits per heavy atom. The third-order valence-electron chi connectivity index (χ3n) is 7.58. The molecule has 0 unspecified atom stereocenters. The van der Waals surface area contributed by atoms with Gasteiger partial charge in [0.2, 0.25) is 0 Å². The van der Waals surface area contributed by atoms with E-state index < -0.39 is 5.54 Å². The van der Waals surface area contributed by atoms with Crippen molar-refractivity contribution < 1.29 is 14.3 Å². The van der Waals surface area contributed by atoms with Crippen LogP contribution in [0.4, 0.5) is 0 Å². The summed E-state index contributed by atoms with van der Waals surface area (Å²) in [6.45, 7) is 3.96. The molecule has 1 aliphatic heterocycles. The summed E-state index contributed by atoms with van der Waals surface area (Å²) >= 11 is 0. The minimum Gasteiger partial charge on any atom is -0.466 e. The largest absolute Gasteiger partial charge is 0.466 e. The molecule has 0 saturated carbocycles. The van der Waals surface area contributed by atoms with Gasteiger partial charge in [-0.2, -0.15) is 0 Å². The highest BCUT2D eigenvalue weighted by molar-refractivity contribution is 6.00. The Balaban J connectivity index is 1.44. The number of piperidine rings is 1. The second kappa shape index (κ2) is 13.3. The molecule has 0 spiro atoms. The van der Waals surface area contributed by atoms with Crippen molar-refractivity contribution in [3.8, 4) is 0 Å². The van der Waals surface area contributed by atoms with Gasteiger partial charge in [0.05, 0.1) is 18.3 Å². The fourth-order valence-corrected chi connectivity index (χ4v) is 5.71. The van der Waals surface area contributed by atoms with E-state index >= 15 is 0 Å². The maximum Gasteiger partial charge on any atom is 0.305 e. The number of hydrogen-bond donors (Lipinski definition) is 0. The van der Waals surface area contributed by atoms with Gasteiger partial charge in [0, 0.05) is 38.0 Å². The molecule has 7 heteroatoms. The molecule has 1 aromatic heterocycles. The van der Waals surface area contributed by atoms with Crippen LogP contribution in [0.3, 0.4) is 0 Å². The number of carbonyl (C=O) groups excluding carboxylic acids is 2. The van der Waals surface area contributed by atoms with Crippen LogP contribution in [0.5, 0.6) is 0 Å². The summed E-state index contributed by atoms with van der Waals surface area (Å²) in [5, 5.41) is 8.58. The number of nitrogens with zero attached hydrogens (tertiary/aromatic N) is 4. The standard InChI is InChI=1S/C34H36N4O3/c1-2-41-33(40)20-12-13-22-38-26-31(35-36-38)24-27-25-37(23-21-32(27)39)34(28-14-6-3-7-15-28,29-16-8-4-9-17-29)30-18-10-5-11-19-30/h3-11,14-19,24,26H,2,12-13,20-23,25H2,1H3/b27-24-. The second-order valence-electron chi connectivity index (χ2n) is 10.2. The van der Waals surface area contributed by atoms with Crippen LogP contribution in [0.25, 0.3) is 6.08 Å². The normalized spacial score (nSPS) is 15.2. The molecule has 7 nitrogen and oxygen atoms in total. The smallest absolute Gasteiger partial charge is 0.305 e. The van der Waals surface area contributed by atoms with E-state index in [1.165, 1.54) is 0 Å². The van der Waals surface area contributed by atoms with E-state index in [2.05, 4.69) is 88.0 Å². The van der Waals surface area contributed by atoms with Gasteiger partial charge in [-0.3, -0.25) is 19.2 Å². The Morgan fingerprint density at radius 1 is 0.902 bits per heavy atom. The first-order valence-corrected chi connectivity index (χ1v) is 14.3. The Kier molecular flexibility index (Phi) is 9.16. The van der Waals surface area contributed by atoms with Crippen molar-refractivity contribution in [1.82, 2.24) is 19.9 Å². The van der Waals surface area contributed by atoms with Crippen molar-refractivity contribution in [3.05, 3.63) is 125 Å². The Bertz CT molecular complexity index is 1370. The number of aromatic nitrogens is 3. The molecular formula is C34H36N4O3. The second-order valence-corrected chi connectivity index (χ2v) is 10.2. The van der Waals surface area contributed by atoms with Gasteiger partial charge in [0.15, 0.2) is 5.78 Å². The summed E-state index contributed by atoms with van der Waals surface area (Å²) in [6, 6.07) is 31.6. The zero-order valence-electron chi connectivity index (χ0n) is 23.5. The average Bonchev–Trinajstić information content (AvgIpc) is 3.46. The summed E-state index contributed by atoms with van der Waals surface area (Å²) in [6.07, 6.45) is 6.07. The van der Waals surface area contributed by atoms with Gasteiger partial charge in [0.25, 0.3) is 0 Å². The lowest BCUT2D eigenvalue weighted by Gasteiger charge is -2.47. The number of hydrogen-bond acceptors (Lipinski definition) is 6. The fraction of sp³-hybridized carbons (Fsp3) is 0.294. The SMILES string of the molecule is CCOC(=O)CCCCn1cc(/C=C2/CN(C(c3ccccc3)(c3ccccc3)c3ccccc3)CCC2=O)nn1. The highest BCUT2D eigenvalue weighted by atomic mass is 16.5. The Morgan fingerprint density at radius 2 is 1.49 bits per heavy atom. The van der Waals surface area contributed by atoms with Crippen LogP contribution in [0.1, 0.15) is 55.0 Å². The van der Waals surface area contributed by atoms with E-state index in [0.29, 0.717) is 44.8 Å². The number of ether oxygens (including phenoxy) is 1. The monoisotopic (exact) mass is 548 g/mol. The molecule has 3 aromatic carbocycles. The number of Topliss-reactive ketones (excluding diaryl/α,β-unsaturated/α-hetero) is 1. The molecule has 0 atom stereocenters. The van der Waals surface area contributed by atoms with Crippen LogP contribution in [0.2, 0.25) is 0 Å². The van der Waals surface area contributed by atoms with E-state index in [1.807, 2.05) is 37.4 Å². The molecule has 2 heterocycles. The average molecular weight is 549 g/mol. The van der Waals surface area contributed by atoms with Crippen LogP contribution in [-0.4, -0.2) is 51.3 Å². The molecule has 1 aliphatic rings. The molecule has 1 saturated heterocycles. The lowest BCUT2D eigenvalue weighted by molar-refractivity contribution is -0.143. The number of likely N-dealkylation sites (tertiary alicyclic amines) is 1. The number of rotatable bonds is 11. The molecule has 0 bridgehead atoms. The summed E-state index contributed by atoms with van der Waals surface area (Å²) in [4.78, 5) is 27.2. The zero-order chi connectivity index (χ0) is 28.5. The predicted molar refractivity (Wildman–Crippen MR) is 159 cm³/mol. The topological polar surface area (TPSA) is 77.3 Å². The molecule has 5 rings (SSSR count).